The lowest BCUT2D eigenvalue weighted by molar-refractivity contribution is -0.121. The van der Waals surface area contributed by atoms with Gasteiger partial charge in [0.05, 0.1) is 12.2 Å². The fraction of sp³-hybridized carbons (Fsp3) is 0.346. The van der Waals surface area contributed by atoms with Crippen molar-refractivity contribution >= 4 is 28.8 Å². The van der Waals surface area contributed by atoms with Crippen LogP contribution in [0, 0.1) is 12.8 Å². The Morgan fingerprint density at radius 1 is 1.15 bits per heavy atom. The first-order valence-corrected chi connectivity index (χ1v) is 12.3. The highest BCUT2D eigenvalue weighted by molar-refractivity contribution is 7.09. The highest BCUT2D eigenvalue weighted by Crippen LogP contribution is 2.34. The Balaban J connectivity index is 1.21. The molecular formula is C26H27N3O3S. The maximum absolute atomic E-state index is 13.0. The number of thiazole rings is 1. The maximum atomic E-state index is 13.0. The summed E-state index contributed by atoms with van der Waals surface area (Å²) in [5.41, 5.74) is 3.65. The molecule has 0 aliphatic carbocycles. The van der Waals surface area contributed by atoms with E-state index < -0.39 is 0 Å². The summed E-state index contributed by atoms with van der Waals surface area (Å²) in [5.74, 6) is 1.20. The second-order valence-corrected chi connectivity index (χ2v) is 9.73. The van der Waals surface area contributed by atoms with Crippen molar-refractivity contribution in [2.75, 3.05) is 24.6 Å². The van der Waals surface area contributed by atoms with Gasteiger partial charge < -0.3 is 9.64 Å². The van der Waals surface area contributed by atoms with Crippen molar-refractivity contribution in [3.63, 3.8) is 0 Å². The SMILES string of the molecule is Cc1ccc2c(c1)N(Cc1nc(C(=O)N3CCC(Cc4ccccc4)CC3)cs1)C(=O)CO2. The first-order valence-electron chi connectivity index (χ1n) is 11.4. The third kappa shape index (κ3) is 4.78. The first kappa shape index (κ1) is 21.6. The standard InChI is InChI=1S/C26H27N3O3S/c1-18-7-8-23-22(13-18)29(25(30)16-32-23)15-24-27-21(17-33-24)26(31)28-11-9-20(10-12-28)14-19-5-3-2-4-6-19/h2-8,13,17,20H,9-12,14-16H2,1H3. The number of piperidine rings is 1. The molecular weight excluding hydrogens is 434 g/mol. The average Bonchev–Trinajstić information content (AvgIpc) is 3.30. The van der Waals surface area contributed by atoms with E-state index in [1.165, 1.54) is 16.9 Å². The van der Waals surface area contributed by atoms with E-state index in [1.807, 2.05) is 41.5 Å². The van der Waals surface area contributed by atoms with E-state index in [0.29, 0.717) is 23.9 Å². The van der Waals surface area contributed by atoms with Gasteiger partial charge in [-0.2, -0.15) is 0 Å². The molecule has 0 N–H and O–H groups in total. The molecule has 3 heterocycles. The predicted octanol–water partition coefficient (Wildman–Crippen LogP) is 4.47. The van der Waals surface area contributed by atoms with Gasteiger partial charge in [0.1, 0.15) is 16.5 Å². The molecule has 0 saturated carbocycles. The zero-order valence-electron chi connectivity index (χ0n) is 18.7. The Bertz CT molecular complexity index is 1150. The third-order valence-corrected chi connectivity index (χ3v) is 7.22. The number of hydrogen-bond acceptors (Lipinski definition) is 5. The van der Waals surface area contributed by atoms with Gasteiger partial charge in [-0.05, 0) is 55.4 Å². The van der Waals surface area contributed by atoms with Crippen LogP contribution >= 0.6 is 11.3 Å². The Kier molecular flexibility index (Phi) is 6.13. The summed E-state index contributed by atoms with van der Waals surface area (Å²) in [6.07, 6.45) is 3.09. The Morgan fingerprint density at radius 3 is 2.73 bits per heavy atom. The number of aryl methyl sites for hydroxylation is 1. The zero-order valence-corrected chi connectivity index (χ0v) is 19.5. The van der Waals surface area contributed by atoms with Crippen LogP contribution in [0.1, 0.15) is 39.5 Å². The third-order valence-electron chi connectivity index (χ3n) is 6.39. The number of amides is 2. The number of likely N-dealkylation sites (tertiary alicyclic amines) is 1. The van der Waals surface area contributed by atoms with Crippen LogP contribution in [0.4, 0.5) is 5.69 Å². The van der Waals surface area contributed by atoms with Crippen LogP contribution in [-0.4, -0.2) is 41.4 Å². The van der Waals surface area contributed by atoms with Gasteiger partial charge in [0, 0.05) is 18.5 Å². The molecule has 0 atom stereocenters. The molecule has 7 heteroatoms. The molecule has 2 aromatic carbocycles. The largest absolute Gasteiger partial charge is 0.482 e. The monoisotopic (exact) mass is 461 g/mol. The number of aromatic nitrogens is 1. The maximum Gasteiger partial charge on any atom is 0.273 e. The lowest BCUT2D eigenvalue weighted by atomic mass is 9.90. The highest BCUT2D eigenvalue weighted by atomic mass is 32.1. The number of anilines is 1. The van der Waals surface area contributed by atoms with Crippen LogP contribution in [0.3, 0.4) is 0 Å². The lowest BCUT2D eigenvalue weighted by Crippen LogP contribution is -2.39. The number of carbonyl (C=O) groups is 2. The van der Waals surface area contributed by atoms with Crippen LogP contribution in [-0.2, 0) is 17.8 Å². The summed E-state index contributed by atoms with van der Waals surface area (Å²) in [6, 6.07) is 16.4. The molecule has 5 rings (SSSR count). The number of ether oxygens (including phenoxy) is 1. The van der Waals surface area contributed by atoms with E-state index in [-0.39, 0.29) is 18.4 Å². The van der Waals surface area contributed by atoms with Crippen molar-refractivity contribution in [2.24, 2.45) is 5.92 Å². The number of hydrogen-bond donors (Lipinski definition) is 0. The smallest absolute Gasteiger partial charge is 0.273 e. The van der Waals surface area contributed by atoms with Gasteiger partial charge in [-0.3, -0.25) is 14.5 Å². The summed E-state index contributed by atoms with van der Waals surface area (Å²) in [5, 5.41) is 2.57. The van der Waals surface area contributed by atoms with Crippen molar-refractivity contribution in [1.29, 1.82) is 0 Å². The fourth-order valence-electron chi connectivity index (χ4n) is 4.55. The van der Waals surface area contributed by atoms with E-state index in [9.17, 15) is 9.59 Å². The van der Waals surface area contributed by atoms with Crippen molar-refractivity contribution in [3.05, 3.63) is 75.7 Å². The molecule has 170 valence electrons. The molecule has 3 aromatic rings. The number of rotatable bonds is 5. The molecule has 0 bridgehead atoms. The van der Waals surface area contributed by atoms with Crippen LogP contribution in [0.25, 0.3) is 0 Å². The molecule has 0 unspecified atom stereocenters. The summed E-state index contributed by atoms with van der Waals surface area (Å²) in [6.45, 7) is 3.87. The van der Waals surface area contributed by atoms with Gasteiger partial charge in [0.25, 0.3) is 11.8 Å². The highest BCUT2D eigenvalue weighted by Gasteiger charge is 2.28. The number of benzene rings is 2. The topological polar surface area (TPSA) is 62.7 Å². The summed E-state index contributed by atoms with van der Waals surface area (Å²) < 4.78 is 5.56. The minimum Gasteiger partial charge on any atom is -0.482 e. The summed E-state index contributed by atoms with van der Waals surface area (Å²) >= 11 is 1.43. The predicted molar refractivity (Wildman–Crippen MR) is 129 cm³/mol. The van der Waals surface area contributed by atoms with Gasteiger partial charge in [-0.1, -0.05) is 36.4 Å². The summed E-state index contributed by atoms with van der Waals surface area (Å²) in [7, 11) is 0. The Morgan fingerprint density at radius 2 is 1.94 bits per heavy atom. The van der Waals surface area contributed by atoms with Crippen LogP contribution in [0.2, 0.25) is 0 Å². The summed E-state index contributed by atoms with van der Waals surface area (Å²) in [4.78, 5) is 33.8. The van der Waals surface area contributed by atoms with Crippen LogP contribution < -0.4 is 9.64 Å². The van der Waals surface area contributed by atoms with Crippen LogP contribution in [0.5, 0.6) is 5.75 Å². The van der Waals surface area contributed by atoms with E-state index in [2.05, 4.69) is 29.2 Å². The molecule has 2 aliphatic heterocycles. The molecule has 6 nitrogen and oxygen atoms in total. The minimum absolute atomic E-state index is 0.0137. The Labute approximate surface area is 197 Å². The van der Waals surface area contributed by atoms with E-state index in [1.54, 1.807) is 4.90 Å². The van der Waals surface area contributed by atoms with Crippen molar-refractivity contribution < 1.29 is 14.3 Å². The molecule has 0 spiro atoms. The quantitative estimate of drug-likeness (QED) is 0.562. The van der Waals surface area contributed by atoms with Crippen LogP contribution in [0.15, 0.2) is 53.9 Å². The second-order valence-electron chi connectivity index (χ2n) is 8.79. The zero-order chi connectivity index (χ0) is 22.8. The molecule has 0 radical (unpaired) electrons. The van der Waals surface area contributed by atoms with Gasteiger partial charge in [-0.25, -0.2) is 4.98 Å². The molecule has 33 heavy (non-hydrogen) atoms. The normalized spacial score (nSPS) is 16.5. The number of nitrogens with zero attached hydrogens (tertiary/aromatic N) is 3. The van der Waals surface area contributed by atoms with Crippen molar-refractivity contribution in [2.45, 2.75) is 32.7 Å². The van der Waals surface area contributed by atoms with Gasteiger partial charge in [0.2, 0.25) is 0 Å². The number of carbonyl (C=O) groups excluding carboxylic acids is 2. The molecule has 1 aromatic heterocycles. The van der Waals surface area contributed by atoms with Crippen molar-refractivity contribution in [3.8, 4) is 5.75 Å². The lowest BCUT2D eigenvalue weighted by Gasteiger charge is -2.31. The minimum atomic E-state index is -0.100. The molecule has 1 saturated heterocycles. The van der Waals surface area contributed by atoms with E-state index in [4.69, 9.17) is 4.74 Å². The fourth-order valence-corrected chi connectivity index (χ4v) is 5.31. The molecule has 2 amide bonds. The first-order chi connectivity index (χ1) is 16.1. The molecule has 2 aliphatic rings. The van der Waals surface area contributed by atoms with Crippen molar-refractivity contribution in [1.82, 2.24) is 9.88 Å². The van der Waals surface area contributed by atoms with Gasteiger partial charge in [-0.15, -0.1) is 11.3 Å². The van der Waals surface area contributed by atoms with Gasteiger partial charge >= 0.3 is 0 Å². The Hall–Kier alpha value is -3.19. The number of fused-ring (bicyclic) bond motifs is 1. The average molecular weight is 462 g/mol. The second kappa shape index (κ2) is 9.35. The molecule has 1 fully saturated rings. The van der Waals surface area contributed by atoms with E-state index in [0.717, 1.165) is 48.6 Å². The van der Waals surface area contributed by atoms with E-state index >= 15 is 0 Å². The van der Waals surface area contributed by atoms with Gasteiger partial charge in [0.15, 0.2) is 6.61 Å².